The summed E-state index contributed by atoms with van der Waals surface area (Å²) >= 11 is 0. The monoisotopic (exact) mass is 195 g/mol. The largest absolute Gasteiger partial charge is 0.458 e. The predicted octanol–water partition coefficient (Wildman–Crippen LogP) is 1.25. The summed E-state index contributed by atoms with van der Waals surface area (Å²) in [5, 5.41) is 0. The molecule has 1 heterocycles. The Morgan fingerprint density at radius 1 is 1.43 bits per heavy atom. The van der Waals surface area contributed by atoms with Gasteiger partial charge in [0, 0.05) is 5.56 Å². The second-order valence-corrected chi connectivity index (χ2v) is 3.34. The van der Waals surface area contributed by atoms with Crippen LogP contribution in [-0.4, -0.2) is 17.1 Å². The zero-order valence-corrected chi connectivity index (χ0v) is 8.46. The zero-order chi connectivity index (χ0) is 10.7. The molecular formula is C10H13NO3. The maximum atomic E-state index is 11.3. The van der Waals surface area contributed by atoms with Gasteiger partial charge >= 0.3 is 5.97 Å². The Hall–Kier alpha value is -1.58. The summed E-state index contributed by atoms with van der Waals surface area (Å²) in [5.74, 6) is -0.503. The maximum Gasteiger partial charge on any atom is 0.355 e. The van der Waals surface area contributed by atoms with E-state index in [1.807, 2.05) is 0 Å². The molecule has 1 rings (SSSR count). The molecule has 1 N–H and O–H groups in total. The van der Waals surface area contributed by atoms with E-state index in [-0.39, 0.29) is 17.4 Å². The number of aryl methyl sites for hydroxylation is 1. The fourth-order valence-electron chi connectivity index (χ4n) is 0.943. The molecule has 0 aliphatic carbocycles. The Labute approximate surface area is 81.9 Å². The van der Waals surface area contributed by atoms with Crippen molar-refractivity contribution in [1.82, 2.24) is 4.98 Å². The summed E-state index contributed by atoms with van der Waals surface area (Å²) in [6.07, 6.45) is -0.188. The Morgan fingerprint density at radius 3 is 2.57 bits per heavy atom. The highest BCUT2D eigenvalue weighted by atomic mass is 16.5. The van der Waals surface area contributed by atoms with E-state index in [0.29, 0.717) is 5.56 Å². The molecule has 0 atom stereocenters. The number of rotatable bonds is 2. The van der Waals surface area contributed by atoms with Crippen LogP contribution >= 0.6 is 0 Å². The van der Waals surface area contributed by atoms with Crippen LogP contribution in [0.15, 0.2) is 16.9 Å². The first kappa shape index (κ1) is 10.5. The van der Waals surface area contributed by atoms with E-state index in [2.05, 4.69) is 4.98 Å². The van der Waals surface area contributed by atoms with Crippen LogP contribution in [0.4, 0.5) is 0 Å². The van der Waals surface area contributed by atoms with Crippen LogP contribution < -0.4 is 5.56 Å². The highest BCUT2D eigenvalue weighted by Gasteiger charge is 2.09. The van der Waals surface area contributed by atoms with E-state index in [1.54, 1.807) is 32.9 Å². The molecule has 76 valence electrons. The molecule has 0 spiro atoms. The van der Waals surface area contributed by atoms with Gasteiger partial charge in [0.25, 0.3) is 5.56 Å². The molecule has 0 amide bonds. The molecule has 4 heteroatoms. The Balaban J connectivity index is 2.92. The number of ether oxygens (including phenoxy) is 1. The van der Waals surface area contributed by atoms with Crippen molar-refractivity contribution in [3.05, 3.63) is 33.7 Å². The molecule has 4 nitrogen and oxygen atoms in total. The van der Waals surface area contributed by atoms with Gasteiger partial charge in [-0.2, -0.15) is 0 Å². The lowest BCUT2D eigenvalue weighted by atomic mass is 10.3. The number of aromatic nitrogens is 1. The molecule has 0 fully saturated rings. The first-order chi connectivity index (χ1) is 6.50. The smallest absolute Gasteiger partial charge is 0.355 e. The van der Waals surface area contributed by atoms with Crippen molar-refractivity contribution in [2.24, 2.45) is 0 Å². The third kappa shape index (κ3) is 2.45. The van der Waals surface area contributed by atoms with E-state index >= 15 is 0 Å². The number of carbonyl (C=O) groups is 1. The summed E-state index contributed by atoms with van der Waals surface area (Å²) in [4.78, 5) is 24.9. The van der Waals surface area contributed by atoms with Crippen LogP contribution in [0.5, 0.6) is 0 Å². The Bertz CT molecular complexity index is 393. The van der Waals surface area contributed by atoms with Gasteiger partial charge in [0.05, 0.1) is 6.10 Å². The predicted molar refractivity (Wildman–Crippen MR) is 52.4 cm³/mol. The van der Waals surface area contributed by atoms with Gasteiger partial charge in [-0.25, -0.2) is 4.79 Å². The molecular weight excluding hydrogens is 182 g/mol. The van der Waals surface area contributed by atoms with Gasteiger partial charge in [0.2, 0.25) is 0 Å². The van der Waals surface area contributed by atoms with Gasteiger partial charge in [-0.15, -0.1) is 0 Å². The summed E-state index contributed by atoms with van der Waals surface area (Å²) < 4.78 is 4.92. The van der Waals surface area contributed by atoms with Crippen molar-refractivity contribution in [3.63, 3.8) is 0 Å². The van der Waals surface area contributed by atoms with E-state index < -0.39 is 5.97 Å². The first-order valence-electron chi connectivity index (χ1n) is 4.41. The van der Waals surface area contributed by atoms with E-state index in [0.717, 1.165) is 0 Å². The van der Waals surface area contributed by atoms with E-state index in [9.17, 15) is 9.59 Å². The van der Waals surface area contributed by atoms with Gasteiger partial charge in [0.1, 0.15) is 5.69 Å². The fourth-order valence-corrected chi connectivity index (χ4v) is 0.943. The third-order valence-electron chi connectivity index (χ3n) is 1.67. The molecule has 0 aliphatic heterocycles. The van der Waals surface area contributed by atoms with Crippen LogP contribution in [0.25, 0.3) is 0 Å². The molecule has 1 aromatic rings. The number of carbonyl (C=O) groups excluding carboxylic acids is 1. The average molecular weight is 195 g/mol. The molecule has 14 heavy (non-hydrogen) atoms. The molecule has 0 radical (unpaired) electrons. The molecule has 0 aliphatic rings. The number of esters is 1. The van der Waals surface area contributed by atoms with Crippen molar-refractivity contribution in [1.29, 1.82) is 0 Å². The van der Waals surface area contributed by atoms with Crippen molar-refractivity contribution >= 4 is 5.97 Å². The van der Waals surface area contributed by atoms with Crippen molar-refractivity contribution in [2.75, 3.05) is 0 Å². The van der Waals surface area contributed by atoms with Crippen LogP contribution in [0.2, 0.25) is 0 Å². The van der Waals surface area contributed by atoms with Crippen LogP contribution in [0, 0.1) is 6.92 Å². The Kier molecular flexibility index (Phi) is 3.06. The zero-order valence-electron chi connectivity index (χ0n) is 8.46. The summed E-state index contributed by atoms with van der Waals surface area (Å²) in [6, 6.07) is 3.14. The third-order valence-corrected chi connectivity index (χ3v) is 1.67. The van der Waals surface area contributed by atoms with E-state index in [4.69, 9.17) is 4.74 Å². The van der Waals surface area contributed by atoms with Gasteiger partial charge in [-0.1, -0.05) is 6.07 Å². The van der Waals surface area contributed by atoms with E-state index in [1.165, 1.54) is 0 Å². The van der Waals surface area contributed by atoms with Crippen molar-refractivity contribution < 1.29 is 9.53 Å². The molecule has 0 aromatic carbocycles. The minimum absolute atomic E-state index is 0.188. The molecule has 0 bridgehead atoms. The highest BCUT2D eigenvalue weighted by Crippen LogP contribution is 1.99. The number of aromatic amines is 1. The molecule has 0 saturated carbocycles. The average Bonchev–Trinajstić information content (AvgIpc) is 2.08. The van der Waals surface area contributed by atoms with Crippen molar-refractivity contribution in [3.8, 4) is 0 Å². The van der Waals surface area contributed by atoms with Crippen molar-refractivity contribution in [2.45, 2.75) is 26.9 Å². The lowest BCUT2D eigenvalue weighted by Crippen LogP contribution is -2.18. The minimum Gasteiger partial charge on any atom is -0.458 e. The fraction of sp³-hybridized carbons (Fsp3) is 0.400. The number of hydrogen-bond acceptors (Lipinski definition) is 3. The van der Waals surface area contributed by atoms with Gasteiger partial charge in [0.15, 0.2) is 0 Å². The number of H-pyrrole nitrogens is 1. The number of pyridine rings is 1. The second kappa shape index (κ2) is 4.09. The standard InChI is InChI=1S/C10H13NO3/c1-6(2)14-10(13)8-5-4-7(3)9(12)11-8/h4-6H,1-3H3,(H,11,12). The molecule has 1 aromatic heterocycles. The van der Waals surface area contributed by atoms with Crippen LogP contribution in [0.3, 0.4) is 0 Å². The highest BCUT2D eigenvalue weighted by molar-refractivity contribution is 5.87. The van der Waals surface area contributed by atoms with Crippen LogP contribution in [-0.2, 0) is 4.74 Å². The normalized spacial score (nSPS) is 10.3. The summed E-state index contributed by atoms with van der Waals surface area (Å²) in [7, 11) is 0. The molecule has 0 unspecified atom stereocenters. The van der Waals surface area contributed by atoms with Gasteiger partial charge in [-0.3, -0.25) is 4.79 Å². The first-order valence-corrected chi connectivity index (χ1v) is 4.41. The number of nitrogens with one attached hydrogen (secondary N) is 1. The maximum absolute atomic E-state index is 11.3. The van der Waals surface area contributed by atoms with Crippen LogP contribution in [0.1, 0.15) is 29.9 Å². The topological polar surface area (TPSA) is 59.2 Å². The second-order valence-electron chi connectivity index (χ2n) is 3.34. The summed E-state index contributed by atoms with van der Waals surface area (Å²) in [5.41, 5.74) is 0.503. The quantitative estimate of drug-likeness (QED) is 0.722. The number of hydrogen-bond donors (Lipinski definition) is 1. The van der Waals surface area contributed by atoms with Gasteiger partial charge in [-0.05, 0) is 26.8 Å². The van der Waals surface area contributed by atoms with Gasteiger partial charge < -0.3 is 9.72 Å². The SMILES string of the molecule is Cc1ccc(C(=O)OC(C)C)[nH]c1=O. The Morgan fingerprint density at radius 2 is 2.07 bits per heavy atom. The minimum atomic E-state index is -0.503. The molecule has 0 saturated heterocycles. The lowest BCUT2D eigenvalue weighted by Gasteiger charge is -2.07. The summed E-state index contributed by atoms with van der Waals surface area (Å²) in [6.45, 7) is 5.19. The lowest BCUT2D eigenvalue weighted by molar-refractivity contribution is 0.0370.